The van der Waals surface area contributed by atoms with Gasteiger partial charge in [0, 0.05) is 16.7 Å². The van der Waals surface area contributed by atoms with E-state index in [0.29, 0.717) is 30.7 Å². The van der Waals surface area contributed by atoms with Crippen molar-refractivity contribution in [1.82, 2.24) is 19.9 Å². The lowest BCUT2D eigenvalue weighted by Crippen LogP contribution is -2.08. The van der Waals surface area contributed by atoms with Crippen LogP contribution in [0.15, 0.2) is 95.6 Å². The minimum absolute atomic E-state index is 0.0912. The van der Waals surface area contributed by atoms with Gasteiger partial charge in [-0.15, -0.1) is 22.7 Å². The monoisotopic (exact) mass is 754 g/mol. The Morgan fingerprint density at radius 3 is 1.49 bits per heavy atom. The first-order chi connectivity index (χ1) is 23.8. The molecule has 10 nitrogen and oxygen atoms in total. The summed E-state index contributed by atoms with van der Waals surface area (Å²) in [6, 6.07) is 28.8. The molecule has 7 aromatic rings. The molecule has 246 valence electrons. The Balaban J connectivity index is 0.000000174. The van der Waals surface area contributed by atoms with Crippen molar-refractivity contribution in [2.24, 2.45) is 0 Å². The maximum absolute atomic E-state index is 12.3. The van der Waals surface area contributed by atoms with E-state index in [9.17, 15) is 19.8 Å². The maximum atomic E-state index is 12.3. The van der Waals surface area contributed by atoms with Crippen LogP contribution in [0.4, 0.5) is 0 Å². The van der Waals surface area contributed by atoms with Crippen LogP contribution in [0.2, 0.25) is 0 Å². The second-order valence-corrected chi connectivity index (χ2v) is 12.9. The van der Waals surface area contributed by atoms with E-state index in [1.807, 2.05) is 91.0 Å². The zero-order valence-electron chi connectivity index (χ0n) is 26.1. The number of thiazole rings is 2. The van der Waals surface area contributed by atoms with Gasteiger partial charge in [0.15, 0.2) is 22.9 Å². The molecule has 0 unspecified atom stereocenters. The minimum Gasteiger partial charge on any atom is -0.504 e. The standard InChI is InChI=1S/C21H16N2O3S.C15H11BrN2O3S/c1-2-26-21(25)17-18(24)19-16(15(22-17)13-9-5-3-6-10-13)23-20(27-19)14-11-7-4-8-12-14;1-2-21-15(20)9-11(19)12-10(13(16)17-9)18-14(22-12)8-6-4-3-5-7-8/h3-12,24H,2H2,1H3;3-7,19H,2H2,1H3. The molecular formula is C36H27BrN4O6S2. The Labute approximate surface area is 296 Å². The summed E-state index contributed by atoms with van der Waals surface area (Å²) in [6.07, 6.45) is 0. The van der Waals surface area contributed by atoms with Crippen molar-refractivity contribution < 1.29 is 29.3 Å². The number of nitrogens with zero attached hydrogens (tertiary/aromatic N) is 4. The predicted octanol–water partition coefficient (Wildman–Crippen LogP) is 8.91. The van der Waals surface area contributed by atoms with Crippen LogP contribution in [0, 0.1) is 0 Å². The molecule has 3 aromatic carbocycles. The van der Waals surface area contributed by atoms with Gasteiger partial charge in [0.05, 0.1) is 18.9 Å². The highest BCUT2D eigenvalue weighted by Gasteiger charge is 2.25. The second-order valence-electron chi connectivity index (χ2n) is 10.2. The van der Waals surface area contributed by atoms with Gasteiger partial charge in [-0.2, -0.15) is 0 Å². The molecule has 0 spiro atoms. The number of ether oxygens (including phenoxy) is 2. The summed E-state index contributed by atoms with van der Waals surface area (Å²) in [5.41, 5.74) is 4.13. The van der Waals surface area contributed by atoms with Crippen LogP contribution in [0.3, 0.4) is 0 Å². The van der Waals surface area contributed by atoms with Gasteiger partial charge < -0.3 is 19.7 Å². The summed E-state index contributed by atoms with van der Waals surface area (Å²) in [7, 11) is 0. The Bertz CT molecular complexity index is 2280. The van der Waals surface area contributed by atoms with Gasteiger partial charge in [-0.05, 0) is 29.8 Å². The summed E-state index contributed by atoms with van der Waals surface area (Å²) in [5.74, 6) is -1.69. The Morgan fingerprint density at radius 2 is 1.02 bits per heavy atom. The predicted molar refractivity (Wildman–Crippen MR) is 194 cm³/mol. The summed E-state index contributed by atoms with van der Waals surface area (Å²) in [4.78, 5) is 41.8. The van der Waals surface area contributed by atoms with Gasteiger partial charge in [-0.1, -0.05) is 91.0 Å². The number of aromatic nitrogens is 4. The van der Waals surface area contributed by atoms with Gasteiger partial charge in [0.25, 0.3) is 0 Å². The van der Waals surface area contributed by atoms with E-state index in [4.69, 9.17) is 14.5 Å². The lowest BCUT2D eigenvalue weighted by atomic mass is 10.1. The molecule has 2 N–H and O–H groups in total. The first kappa shape index (κ1) is 33.7. The third kappa shape index (κ3) is 7.00. The maximum Gasteiger partial charge on any atom is 0.360 e. The fourth-order valence-corrected chi connectivity index (χ4v) is 7.42. The van der Waals surface area contributed by atoms with E-state index in [0.717, 1.165) is 26.7 Å². The molecule has 49 heavy (non-hydrogen) atoms. The molecule has 0 amide bonds. The van der Waals surface area contributed by atoms with Crippen LogP contribution in [0.1, 0.15) is 34.8 Å². The van der Waals surface area contributed by atoms with E-state index in [1.54, 1.807) is 13.8 Å². The van der Waals surface area contributed by atoms with Crippen molar-refractivity contribution >= 4 is 71.0 Å². The molecule has 0 atom stereocenters. The molecule has 0 aliphatic heterocycles. The molecule has 0 bridgehead atoms. The molecule has 0 aliphatic rings. The first-order valence-electron chi connectivity index (χ1n) is 15.0. The van der Waals surface area contributed by atoms with E-state index in [2.05, 4.69) is 30.9 Å². The highest BCUT2D eigenvalue weighted by atomic mass is 79.9. The first-order valence-corrected chi connectivity index (χ1v) is 17.5. The number of hydrogen-bond acceptors (Lipinski definition) is 12. The highest BCUT2D eigenvalue weighted by molar-refractivity contribution is 9.10. The van der Waals surface area contributed by atoms with Crippen molar-refractivity contribution in [3.63, 3.8) is 0 Å². The van der Waals surface area contributed by atoms with Crippen molar-refractivity contribution in [2.75, 3.05) is 13.2 Å². The molecule has 4 heterocycles. The topological polar surface area (TPSA) is 145 Å². The SMILES string of the molecule is CCOC(=O)c1nc(-c2ccccc2)c2nc(-c3ccccc3)sc2c1O.CCOC(=O)c1nc(Br)c2nc(-c3ccccc3)sc2c1O. The number of esters is 2. The van der Waals surface area contributed by atoms with E-state index in [-0.39, 0.29) is 36.1 Å². The lowest BCUT2D eigenvalue weighted by Gasteiger charge is -2.08. The Morgan fingerprint density at radius 1 is 0.612 bits per heavy atom. The van der Waals surface area contributed by atoms with Gasteiger partial charge in [0.2, 0.25) is 0 Å². The van der Waals surface area contributed by atoms with Crippen molar-refractivity contribution in [2.45, 2.75) is 13.8 Å². The summed E-state index contributed by atoms with van der Waals surface area (Å²) in [6.45, 7) is 3.83. The Kier molecular flexibility index (Phi) is 10.2. The molecule has 0 radical (unpaired) electrons. The smallest absolute Gasteiger partial charge is 0.360 e. The molecule has 13 heteroatoms. The number of benzene rings is 3. The fraction of sp³-hybridized carbons (Fsp3) is 0.111. The van der Waals surface area contributed by atoms with E-state index >= 15 is 0 Å². The van der Waals surface area contributed by atoms with Crippen LogP contribution in [0.25, 0.3) is 52.8 Å². The molecule has 0 aliphatic carbocycles. The van der Waals surface area contributed by atoms with Crippen LogP contribution >= 0.6 is 38.6 Å². The number of pyridine rings is 2. The number of halogens is 1. The number of carbonyl (C=O) groups is 2. The Hall–Kier alpha value is -5.24. The van der Waals surface area contributed by atoms with Crippen LogP contribution in [-0.4, -0.2) is 55.3 Å². The lowest BCUT2D eigenvalue weighted by molar-refractivity contribution is 0.0506. The fourth-order valence-electron chi connectivity index (χ4n) is 4.79. The third-order valence-electron chi connectivity index (χ3n) is 7.01. The third-order valence-corrected chi connectivity index (χ3v) is 9.79. The van der Waals surface area contributed by atoms with Gasteiger partial charge >= 0.3 is 11.9 Å². The van der Waals surface area contributed by atoms with Crippen molar-refractivity contribution in [1.29, 1.82) is 0 Å². The normalized spacial score (nSPS) is 10.8. The van der Waals surface area contributed by atoms with Crippen molar-refractivity contribution in [3.8, 4) is 43.9 Å². The molecule has 0 saturated heterocycles. The van der Waals surface area contributed by atoms with Crippen LogP contribution < -0.4 is 0 Å². The van der Waals surface area contributed by atoms with E-state index in [1.165, 1.54) is 22.7 Å². The van der Waals surface area contributed by atoms with Gasteiger partial charge in [0.1, 0.15) is 35.1 Å². The molecule has 7 rings (SSSR count). The zero-order valence-corrected chi connectivity index (χ0v) is 29.3. The number of fused-ring (bicyclic) bond motifs is 2. The van der Waals surface area contributed by atoms with Gasteiger partial charge in [-0.3, -0.25) is 0 Å². The second kappa shape index (κ2) is 14.9. The minimum atomic E-state index is -0.655. The molecule has 0 fully saturated rings. The number of aromatic hydroxyl groups is 2. The molecule has 0 saturated carbocycles. The largest absolute Gasteiger partial charge is 0.504 e. The summed E-state index contributed by atoms with van der Waals surface area (Å²) < 4.78 is 11.4. The molecule has 4 aromatic heterocycles. The van der Waals surface area contributed by atoms with E-state index < -0.39 is 11.9 Å². The number of carbonyl (C=O) groups excluding carboxylic acids is 2. The van der Waals surface area contributed by atoms with Gasteiger partial charge in [-0.25, -0.2) is 29.5 Å². The number of rotatable bonds is 7. The average molecular weight is 756 g/mol. The molecular weight excluding hydrogens is 728 g/mol. The van der Waals surface area contributed by atoms with Crippen LogP contribution in [0.5, 0.6) is 11.5 Å². The number of hydrogen-bond donors (Lipinski definition) is 2. The summed E-state index contributed by atoms with van der Waals surface area (Å²) >= 11 is 5.93. The summed E-state index contributed by atoms with van der Waals surface area (Å²) in [5, 5.41) is 22.5. The quantitative estimate of drug-likeness (QED) is 0.120. The highest BCUT2D eigenvalue weighted by Crippen LogP contribution is 2.42. The van der Waals surface area contributed by atoms with Crippen molar-refractivity contribution in [3.05, 3.63) is 107 Å². The average Bonchev–Trinajstić information content (AvgIpc) is 3.79. The zero-order chi connectivity index (χ0) is 34.5. The van der Waals surface area contributed by atoms with Crippen LogP contribution in [-0.2, 0) is 9.47 Å².